The fraction of sp³-hybridized carbons (Fsp3) is 0.562. The molecular weight excluding hydrogens is 236 g/mol. The van der Waals surface area contributed by atoms with Crippen LogP contribution in [0, 0.1) is 18.8 Å². The van der Waals surface area contributed by atoms with Crippen LogP contribution in [-0.2, 0) is 0 Å². The first-order chi connectivity index (χ1) is 9.00. The number of nitrogens with one attached hydrogen (secondary N) is 1. The summed E-state index contributed by atoms with van der Waals surface area (Å²) >= 11 is 0. The summed E-state index contributed by atoms with van der Waals surface area (Å²) in [6.07, 6.45) is 3.87. The summed E-state index contributed by atoms with van der Waals surface area (Å²) in [7, 11) is 0. The van der Waals surface area contributed by atoms with Crippen molar-refractivity contribution in [3.63, 3.8) is 0 Å². The van der Waals surface area contributed by atoms with Crippen LogP contribution in [0.5, 0.6) is 0 Å². The molecule has 3 nitrogen and oxygen atoms in total. The number of carbonyl (C=O) groups excluding carboxylic acids is 1. The molecule has 0 heterocycles. The van der Waals surface area contributed by atoms with Crippen molar-refractivity contribution >= 4 is 11.6 Å². The van der Waals surface area contributed by atoms with E-state index in [4.69, 9.17) is 5.73 Å². The van der Waals surface area contributed by atoms with Crippen molar-refractivity contribution in [2.24, 2.45) is 17.6 Å². The minimum Gasteiger partial charge on any atom is -0.382 e. The molecule has 1 aromatic carbocycles. The third kappa shape index (κ3) is 2.91. The molecule has 104 valence electrons. The number of benzene rings is 1. The quantitative estimate of drug-likeness (QED) is 0.875. The Morgan fingerprint density at radius 1 is 1.26 bits per heavy atom. The first-order valence-corrected chi connectivity index (χ1v) is 7.16. The molecule has 0 radical (unpaired) electrons. The lowest BCUT2D eigenvalue weighted by Crippen LogP contribution is -2.37. The summed E-state index contributed by atoms with van der Waals surface area (Å²) in [5.74, 6) is 0.978. The first kappa shape index (κ1) is 13.9. The molecule has 1 aromatic rings. The van der Waals surface area contributed by atoms with Gasteiger partial charge in [-0.05, 0) is 49.3 Å². The number of hydrogen-bond donors (Lipinski definition) is 2. The summed E-state index contributed by atoms with van der Waals surface area (Å²) in [6.45, 7) is 6.57. The van der Waals surface area contributed by atoms with Crippen molar-refractivity contribution in [2.75, 3.05) is 5.32 Å². The molecule has 1 fully saturated rings. The first-order valence-electron chi connectivity index (χ1n) is 7.16. The fourth-order valence-electron chi connectivity index (χ4n) is 3.20. The SMILES string of the molecule is Cc1c(NC2C(C)CCCC2C)cccc1C(N)=O. The van der Waals surface area contributed by atoms with E-state index in [9.17, 15) is 4.79 Å². The number of nitrogens with two attached hydrogens (primary N) is 1. The molecule has 3 N–H and O–H groups in total. The summed E-state index contributed by atoms with van der Waals surface area (Å²) in [6, 6.07) is 6.20. The largest absolute Gasteiger partial charge is 0.382 e. The van der Waals surface area contributed by atoms with Gasteiger partial charge in [0.1, 0.15) is 0 Å². The monoisotopic (exact) mass is 260 g/mol. The zero-order valence-corrected chi connectivity index (χ0v) is 12.1. The van der Waals surface area contributed by atoms with Gasteiger partial charge in [0.05, 0.1) is 0 Å². The highest BCUT2D eigenvalue weighted by Gasteiger charge is 2.28. The average molecular weight is 260 g/mol. The zero-order valence-electron chi connectivity index (χ0n) is 12.1. The lowest BCUT2D eigenvalue weighted by molar-refractivity contribution is 0.1000. The maximum absolute atomic E-state index is 11.4. The van der Waals surface area contributed by atoms with Gasteiger partial charge in [-0.15, -0.1) is 0 Å². The van der Waals surface area contributed by atoms with E-state index in [1.54, 1.807) is 6.07 Å². The van der Waals surface area contributed by atoms with Gasteiger partial charge in [-0.3, -0.25) is 4.79 Å². The predicted octanol–water partition coefficient (Wildman–Crippen LogP) is 3.33. The molecule has 2 rings (SSSR count). The Morgan fingerprint density at radius 2 is 1.89 bits per heavy atom. The minimum absolute atomic E-state index is 0.356. The van der Waals surface area contributed by atoms with E-state index in [-0.39, 0.29) is 5.91 Å². The van der Waals surface area contributed by atoms with Crippen LogP contribution >= 0.6 is 0 Å². The maximum atomic E-state index is 11.4. The normalized spacial score (nSPS) is 27.0. The van der Waals surface area contributed by atoms with Crippen LogP contribution < -0.4 is 11.1 Å². The Labute approximate surface area is 115 Å². The molecule has 0 aliphatic heterocycles. The molecule has 0 saturated heterocycles. The van der Waals surface area contributed by atoms with Crippen LogP contribution in [0.2, 0.25) is 0 Å². The molecular formula is C16H24N2O. The lowest BCUT2D eigenvalue weighted by atomic mass is 9.78. The van der Waals surface area contributed by atoms with Crippen molar-refractivity contribution in [3.8, 4) is 0 Å². The van der Waals surface area contributed by atoms with E-state index in [1.807, 2.05) is 19.1 Å². The van der Waals surface area contributed by atoms with Gasteiger partial charge in [0.2, 0.25) is 5.91 Å². The van der Waals surface area contributed by atoms with Gasteiger partial charge in [0.25, 0.3) is 0 Å². The number of amides is 1. The Kier molecular flexibility index (Phi) is 4.13. The maximum Gasteiger partial charge on any atom is 0.249 e. The second-order valence-corrected chi connectivity index (χ2v) is 5.90. The van der Waals surface area contributed by atoms with Crippen molar-refractivity contribution in [1.29, 1.82) is 0 Å². The summed E-state index contributed by atoms with van der Waals surface area (Å²) in [4.78, 5) is 11.4. The van der Waals surface area contributed by atoms with Gasteiger partial charge >= 0.3 is 0 Å². The number of anilines is 1. The summed E-state index contributed by atoms with van der Waals surface area (Å²) in [5, 5.41) is 3.64. The standard InChI is InChI=1S/C16H24N2O/c1-10-6-4-7-11(2)15(10)18-14-9-5-8-13(12(14)3)16(17)19/h5,8-11,15,18H,4,6-7H2,1-3H3,(H2,17,19). The summed E-state index contributed by atoms with van der Waals surface area (Å²) in [5.41, 5.74) is 8.02. The average Bonchev–Trinajstić information content (AvgIpc) is 2.35. The molecule has 3 heteroatoms. The molecule has 0 spiro atoms. The number of carbonyl (C=O) groups is 1. The molecule has 0 bridgehead atoms. The fourth-order valence-corrected chi connectivity index (χ4v) is 3.20. The van der Waals surface area contributed by atoms with E-state index in [2.05, 4.69) is 19.2 Å². The van der Waals surface area contributed by atoms with E-state index in [0.29, 0.717) is 23.4 Å². The lowest BCUT2D eigenvalue weighted by Gasteiger charge is -2.36. The van der Waals surface area contributed by atoms with Crippen LogP contribution in [0.1, 0.15) is 49.0 Å². The van der Waals surface area contributed by atoms with E-state index < -0.39 is 0 Å². The molecule has 1 aliphatic rings. The van der Waals surface area contributed by atoms with Crippen LogP contribution in [0.15, 0.2) is 18.2 Å². The third-order valence-corrected chi connectivity index (χ3v) is 4.47. The van der Waals surface area contributed by atoms with Gasteiger partial charge < -0.3 is 11.1 Å². The second-order valence-electron chi connectivity index (χ2n) is 5.90. The Hall–Kier alpha value is -1.51. The molecule has 0 aromatic heterocycles. The predicted molar refractivity (Wildman–Crippen MR) is 79.3 cm³/mol. The van der Waals surface area contributed by atoms with Gasteiger partial charge in [0, 0.05) is 17.3 Å². The molecule has 1 aliphatic carbocycles. The summed E-state index contributed by atoms with van der Waals surface area (Å²) < 4.78 is 0. The highest BCUT2D eigenvalue weighted by molar-refractivity contribution is 5.95. The van der Waals surface area contributed by atoms with Gasteiger partial charge in [-0.25, -0.2) is 0 Å². The highest BCUT2D eigenvalue weighted by Crippen LogP contribution is 2.32. The van der Waals surface area contributed by atoms with Crippen molar-refractivity contribution in [2.45, 2.75) is 46.1 Å². The van der Waals surface area contributed by atoms with Crippen LogP contribution in [0.4, 0.5) is 5.69 Å². The van der Waals surface area contributed by atoms with E-state index in [1.165, 1.54) is 19.3 Å². The van der Waals surface area contributed by atoms with Gasteiger partial charge in [-0.2, -0.15) is 0 Å². The molecule has 2 unspecified atom stereocenters. The van der Waals surface area contributed by atoms with Crippen molar-refractivity contribution in [3.05, 3.63) is 29.3 Å². The smallest absolute Gasteiger partial charge is 0.249 e. The number of hydrogen-bond acceptors (Lipinski definition) is 2. The number of primary amides is 1. The third-order valence-electron chi connectivity index (χ3n) is 4.47. The zero-order chi connectivity index (χ0) is 14.0. The molecule has 19 heavy (non-hydrogen) atoms. The van der Waals surface area contributed by atoms with Crippen LogP contribution in [0.25, 0.3) is 0 Å². The molecule has 2 atom stereocenters. The van der Waals surface area contributed by atoms with Crippen LogP contribution in [0.3, 0.4) is 0 Å². The van der Waals surface area contributed by atoms with Crippen molar-refractivity contribution in [1.82, 2.24) is 0 Å². The highest BCUT2D eigenvalue weighted by atomic mass is 16.1. The Bertz CT molecular complexity index is 460. The van der Waals surface area contributed by atoms with Crippen molar-refractivity contribution < 1.29 is 4.79 Å². The van der Waals surface area contributed by atoms with Crippen LogP contribution in [-0.4, -0.2) is 11.9 Å². The molecule has 1 amide bonds. The number of rotatable bonds is 3. The second kappa shape index (κ2) is 5.64. The Morgan fingerprint density at radius 3 is 2.47 bits per heavy atom. The molecule has 1 saturated carbocycles. The van der Waals surface area contributed by atoms with E-state index >= 15 is 0 Å². The topological polar surface area (TPSA) is 55.1 Å². The Balaban J connectivity index is 2.23. The minimum atomic E-state index is -0.356. The van der Waals surface area contributed by atoms with Gasteiger partial charge in [0.15, 0.2) is 0 Å². The van der Waals surface area contributed by atoms with E-state index in [0.717, 1.165) is 11.3 Å². The van der Waals surface area contributed by atoms with Gasteiger partial charge in [-0.1, -0.05) is 26.3 Å².